The van der Waals surface area contributed by atoms with Crippen molar-refractivity contribution in [1.29, 1.82) is 0 Å². The standard InChI is InChI=1S/C21H23ClN4O6S2/c1-6-32-11-8-9(7-10(22)15(11)27)12(13-16(28)23(2)20(33)24(3)17(13)29)14-18(30)25(4)21(34)26(5)19(14)31/h7-8,12,27-28,30H,6H2,1-5H3. The molecule has 0 aliphatic heterocycles. The second-order valence-corrected chi connectivity index (χ2v) is 8.74. The minimum atomic E-state index is -1.33. The maximum atomic E-state index is 13.4. The lowest BCUT2D eigenvalue weighted by molar-refractivity contribution is 0.317. The van der Waals surface area contributed by atoms with Crippen LogP contribution in [0.3, 0.4) is 0 Å². The van der Waals surface area contributed by atoms with Gasteiger partial charge in [0.25, 0.3) is 11.1 Å². The zero-order valence-corrected chi connectivity index (χ0v) is 21.4. The Kier molecular flexibility index (Phi) is 6.97. The first-order valence-electron chi connectivity index (χ1n) is 9.97. The molecule has 0 fully saturated rings. The van der Waals surface area contributed by atoms with Gasteiger partial charge in [0.15, 0.2) is 21.0 Å². The number of phenolic OH excluding ortho intramolecular Hbond substituents is 1. The zero-order valence-electron chi connectivity index (χ0n) is 19.0. The van der Waals surface area contributed by atoms with Crippen LogP contribution < -0.4 is 15.9 Å². The molecule has 3 N–H and O–H groups in total. The van der Waals surface area contributed by atoms with Gasteiger partial charge in [-0.3, -0.25) is 27.9 Å². The van der Waals surface area contributed by atoms with E-state index in [4.69, 9.17) is 40.8 Å². The monoisotopic (exact) mass is 526 g/mol. The van der Waals surface area contributed by atoms with Gasteiger partial charge in [-0.25, -0.2) is 0 Å². The molecule has 3 aromatic rings. The summed E-state index contributed by atoms with van der Waals surface area (Å²) in [5, 5.41) is 32.2. The molecule has 34 heavy (non-hydrogen) atoms. The van der Waals surface area contributed by atoms with Crippen molar-refractivity contribution in [2.24, 2.45) is 28.2 Å². The fraction of sp³-hybridized carbons (Fsp3) is 0.333. The molecule has 3 rings (SSSR count). The van der Waals surface area contributed by atoms with Crippen LogP contribution in [0.15, 0.2) is 21.7 Å². The van der Waals surface area contributed by atoms with Crippen molar-refractivity contribution < 1.29 is 20.1 Å². The van der Waals surface area contributed by atoms with Gasteiger partial charge in [0.2, 0.25) is 11.8 Å². The zero-order chi connectivity index (χ0) is 25.6. The van der Waals surface area contributed by atoms with Gasteiger partial charge in [0, 0.05) is 28.2 Å². The lowest BCUT2D eigenvalue weighted by Gasteiger charge is -2.24. The van der Waals surface area contributed by atoms with Crippen molar-refractivity contribution in [1.82, 2.24) is 18.3 Å². The van der Waals surface area contributed by atoms with Crippen molar-refractivity contribution in [2.45, 2.75) is 12.8 Å². The summed E-state index contributed by atoms with van der Waals surface area (Å²) < 4.78 is 10.2. The Hall–Kier alpha value is -3.09. The van der Waals surface area contributed by atoms with Gasteiger partial charge in [-0.1, -0.05) is 11.6 Å². The second-order valence-electron chi connectivity index (χ2n) is 7.60. The molecule has 2 aromatic heterocycles. The number of rotatable bonds is 5. The third-order valence-electron chi connectivity index (χ3n) is 5.60. The van der Waals surface area contributed by atoms with E-state index in [1.165, 1.54) is 49.5 Å². The maximum absolute atomic E-state index is 13.4. The highest BCUT2D eigenvalue weighted by atomic mass is 35.5. The number of phenols is 1. The van der Waals surface area contributed by atoms with Crippen molar-refractivity contribution in [3.05, 3.63) is 64.1 Å². The molecule has 13 heteroatoms. The minimum absolute atomic E-state index is 0.00356. The first-order valence-corrected chi connectivity index (χ1v) is 11.2. The molecule has 0 saturated carbocycles. The molecule has 2 heterocycles. The van der Waals surface area contributed by atoms with Crippen molar-refractivity contribution in [2.75, 3.05) is 6.61 Å². The van der Waals surface area contributed by atoms with E-state index in [9.17, 15) is 24.9 Å². The lowest BCUT2D eigenvalue weighted by atomic mass is 9.86. The van der Waals surface area contributed by atoms with Gasteiger partial charge < -0.3 is 20.1 Å². The number of benzene rings is 1. The first kappa shape index (κ1) is 25.5. The van der Waals surface area contributed by atoms with E-state index in [0.717, 1.165) is 9.13 Å². The molecule has 182 valence electrons. The Morgan fingerprint density at radius 3 is 1.74 bits per heavy atom. The SMILES string of the molecule is CCOc1cc(C(c2c(O)n(C)c(=S)n(C)c2=O)c2c(O)n(C)c(=S)n(C)c2=O)cc(Cl)c1O. The largest absolute Gasteiger partial charge is 0.503 e. The molecule has 10 nitrogen and oxygen atoms in total. The topological polar surface area (TPSA) is 124 Å². The van der Waals surface area contributed by atoms with Crippen LogP contribution in [0.2, 0.25) is 5.02 Å². The molecule has 0 saturated heterocycles. The predicted octanol–water partition coefficient (Wildman–Crippen LogP) is 2.57. The van der Waals surface area contributed by atoms with Crippen LogP contribution in [-0.4, -0.2) is 40.2 Å². The third-order valence-corrected chi connectivity index (χ3v) is 6.98. The fourth-order valence-corrected chi connectivity index (χ4v) is 4.29. The average molecular weight is 527 g/mol. The van der Waals surface area contributed by atoms with Crippen LogP contribution in [0.4, 0.5) is 0 Å². The summed E-state index contributed by atoms with van der Waals surface area (Å²) in [7, 11) is 5.75. The van der Waals surface area contributed by atoms with Gasteiger partial charge >= 0.3 is 0 Å². The number of halogens is 1. The van der Waals surface area contributed by atoms with Gasteiger partial charge in [0.1, 0.15) is 0 Å². The Morgan fingerprint density at radius 2 is 1.32 bits per heavy atom. The lowest BCUT2D eigenvalue weighted by Crippen LogP contribution is -2.33. The van der Waals surface area contributed by atoms with E-state index in [-0.39, 0.29) is 49.4 Å². The van der Waals surface area contributed by atoms with E-state index < -0.39 is 28.8 Å². The summed E-state index contributed by atoms with van der Waals surface area (Å²) in [4.78, 5) is 26.7. The normalized spacial score (nSPS) is 11.3. The van der Waals surface area contributed by atoms with Crippen molar-refractivity contribution >= 4 is 36.0 Å². The fourth-order valence-electron chi connectivity index (χ4n) is 3.73. The molecule has 0 unspecified atom stereocenters. The van der Waals surface area contributed by atoms with E-state index in [1.807, 2.05) is 0 Å². The van der Waals surface area contributed by atoms with Crippen molar-refractivity contribution in [3.63, 3.8) is 0 Å². The molecular weight excluding hydrogens is 504 g/mol. The molecule has 0 aliphatic rings. The molecule has 0 spiro atoms. The molecule has 0 atom stereocenters. The van der Waals surface area contributed by atoms with E-state index >= 15 is 0 Å². The Bertz CT molecular complexity index is 1470. The Labute approximate surface area is 209 Å². The summed E-state index contributed by atoms with van der Waals surface area (Å²) in [6, 6.07) is 2.71. The highest BCUT2D eigenvalue weighted by Gasteiger charge is 2.33. The van der Waals surface area contributed by atoms with E-state index in [0.29, 0.717) is 0 Å². The quantitative estimate of drug-likeness (QED) is 0.433. The number of ether oxygens (including phenoxy) is 1. The van der Waals surface area contributed by atoms with Crippen LogP contribution in [0.5, 0.6) is 23.3 Å². The third kappa shape index (κ3) is 3.91. The van der Waals surface area contributed by atoms with E-state index in [2.05, 4.69) is 0 Å². The molecule has 1 aromatic carbocycles. The Morgan fingerprint density at radius 1 is 0.882 bits per heavy atom. The van der Waals surface area contributed by atoms with Gasteiger partial charge in [-0.15, -0.1) is 0 Å². The molecule has 0 aliphatic carbocycles. The van der Waals surface area contributed by atoms with E-state index in [1.54, 1.807) is 6.92 Å². The Balaban J connectivity index is 2.61. The maximum Gasteiger partial charge on any atom is 0.262 e. The van der Waals surface area contributed by atoms with Crippen LogP contribution in [0.25, 0.3) is 0 Å². The van der Waals surface area contributed by atoms with Crippen molar-refractivity contribution in [3.8, 4) is 23.3 Å². The van der Waals surface area contributed by atoms with Crippen LogP contribution in [0, 0.1) is 9.54 Å². The number of nitrogens with zero attached hydrogens (tertiary/aromatic N) is 4. The second kappa shape index (κ2) is 9.28. The van der Waals surface area contributed by atoms with Crippen LogP contribution >= 0.6 is 36.0 Å². The smallest absolute Gasteiger partial charge is 0.262 e. The molecule has 0 bridgehead atoms. The first-order chi connectivity index (χ1) is 15.8. The van der Waals surface area contributed by atoms with Gasteiger partial charge in [-0.2, -0.15) is 0 Å². The number of hydrogen-bond acceptors (Lipinski definition) is 8. The summed E-state index contributed by atoms with van der Waals surface area (Å²) in [6.07, 6.45) is 0. The average Bonchev–Trinajstić information content (AvgIpc) is 2.81. The predicted molar refractivity (Wildman–Crippen MR) is 132 cm³/mol. The molecule has 0 amide bonds. The summed E-state index contributed by atoms with van der Waals surface area (Å²) >= 11 is 16.7. The summed E-state index contributed by atoms with van der Waals surface area (Å²) in [5.74, 6) is -2.69. The molecule has 0 radical (unpaired) electrons. The highest BCUT2D eigenvalue weighted by molar-refractivity contribution is 7.71. The van der Waals surface area contributed by atoms with Gasteiger partial charge in [-0.05, 0) is 49.1 Å². The number of aromatic nitrogens is 4. The summed E-state index contributed by atoms with van der Waals surface area (Å²) in [6.45, 7) is 1.89. The van der Waals surface area contributed by atoms with Gasteiger partial charge in [0.05, 0.1) is 28.7 Å². The van der Waals surface area contributed by atoms with Crippen LogP contribution in [0.1, 0.15) is 29.5 Å². The summed E-state index contributed by atoms with van der Waals surface area (Å²) in [5.41, 5.74) is -1.68. The van der Waals surface area contributed by atoms with Crippen LogP contribution in [-0.2, 0) is 28.2 Å². The number of aromatic hydroxyl groups is 3. The highest BCUT2D eigenvalue weighted by Crippen LogP contribution is 2.43. The molecular formula is C21H23ClN4O6S2. The minimum Gasteiger partial charge on any atom is -0.503 e. The number of hydrogen-bond donors (Lipinski definition) is 3.